The van der Waals surface area contributed by atoms with Crippen LogP contribution < -0.4 is 10.1 Å². The predicted octanol–water partition coefficient (Wildman–Crippen LogP) is 4.02. The lowest BCUT2D eigenvalue weighted by Crippen LogP contribution is -2.57. The molecule has 38 heavy (non-hydrogen) atoms. The van der Waals surface area contributed by atoms with Gasteiger partial charge in [0, 0.05) is 63.5 Å². The van der Waals surface area contributed by atoms with E-state index >= 15 is 0 Å². The summed E-state index contributed by atoms with van der Waals surface area (Å²) in [5.74, 6) is -1.44. The zero-order valence-electron chi connectivity index (χ0n) is 23.2. The number of aryl methyl sites for hydroxylation is 1. The number of carbonyl (C=O) groups excluding carboxylic acids is 3. The average molecular weight is 525 g/mol. The van der Waals surface area contributed by atoms with Crippen LogP contribution in [0.2, 0.25) is 0 Å². The number of methoxy groups -OCH3 is 1. The Kier molecular flexibility index (Phi) is 9.27. The maximum atomic E-state index is 13.8. The van der Waals surface area contributed by atoms with E-state index < -0.39 is 11.7 Å². The third-order valence-electron chi connectivity index (χ3n) is 6.89. The predicted molar refractivity (Wildman–Crippen MR) is 146 cm³/mol. The number of likely N-dealkylation sites (N-methyl/N-ethyl adjacent to an activating group) is 1. The van der Waals surface area contributed by atoms with Crippen LogP contribution in [0.4, 0.5) is 4.39 Å². The van der Waals surface area contributed by atoms with Crippen molar-refractivity contribution in [3.63, 3.8) is 0 Å². The van der Waals surface area contributed by atoms with E-state index in [1.165, 1.54) is 26.3 Å². The summed E-state index contributed by atoms with van der Waals surface area (Å²) in [6.45, 7) is 9.88. The van der Waals surface area contributed by atoms with Crippen molar-refractivity contribution in [2.24, 2.45) is 7.05 Å². The first kappa shape index (κ1) is 28.8. The fourth-order valence-corrected chi connectivity index (χ4v) is 4.84. The van der Waals surface area contributed by atoms with Crippen molar-refractivity contribution in [3.8, 4) is 5.75 Å². The molecule has 204 valence electrons. The maximum Gasteiger partial charge on any atom is 0.292 e. The first-order valence-electron chi connectivity index (χ1n) is 12.9. The maximum absolute atomic E-state index is 13.8. The third-order valence-corrected chi connectivity index (χ3v) is 6.89. The van der Waals surface area contributed by atoms with E-state index in [0.29, 0.717) is 41.9 Å². The number of ketones is 1. The number of nitrogens with zero attached hydrogens (tertiary/aromatic N) is 3. The van der Waals surface area contributed by atoms with E-state index in [1.807, 2.05) is 25.7 Å². The second-order valence-corrected chi connectivity index (χ2v) is 9.34. The summed E-state index contributed by atoms with van der Waals surface area (Å²) in [4.78, 5) is 42.6. The quantitative estimate of drug-likeness (QED) is 0.389. The summed E-state index contributed by atoms with van der Waals surface area (Å²) < 4.78 is 20.6. The smallest absolute Gasteiger partial charge is 0.292 e. The Hall–Kier alpha value is -3.72. The molecule has 1 aliphatic heterocycles. The molecular formula is C29H37FN4O4. The van der Waals surface area contributed by atoms with E-state index in [1.54, 1.807) is 42.1 Å². The number of ether oxygens (including phenoxy) is 1. The molecule has 1 fully saturated rings. The van der Waals surface area contributed by atoms with Gasteiger partial charge in [-0.1, -0.05) is 26.0 Å². The number of nitrogens with one attached hydrogen (secondary N) is 1. The first-order chi connectivity index (χ1) is 18.1. The Labute approximate surface area is 223 Å². The molecule has 1 aliphatic rings. The summed E-state index contributed by atoms with van der Waals surface area (Å²) in [5, 5.41) is 2.88. The van der Waals surface area contributed by atoms with Crippen molar-refractivity contribution in [1.29, 1.82) is 0 Å². The summed E-state index contributed by atoms with van der Waals surface area (Å²) >= 11 is 0. The largest absolute Gasteiger partial charge is 0.496 e. The Balaban J connectivity index is 0.00000195. The van der Waals surface area contributed by atoms with Crippen LogP contribution in [-0.2, 0) is 18.4 Å². The van der Waals surface area contributed by atoms with Gasteiger partial charge in [-0.2, -0.15) is 0 Å². The van der Waals surface area contributed by atoms with Crippen molar-refractivity contribution in [1.82, 2.24) is 19.7 Å². The molecule has 9 heteroatoms. The molecular weight excluding hydrogens is 487 g/mol. The molecule has 0 unspecified atom stereocenters. The number of fused-ring (bicyclic) bond motifs is 1. The summed E-state index contributed by atoms with van der Waals surface area (Å²) in [7, 11) is 4.68. The van der Waals surface area contributed by atoms with Gasteiger partial charge in [-0.3, -0.25) is 19.3 Å². The number of hydrogen-bond acceptors (Lipinski definition) is 5. The van der Waals surface area contributed by atoms with E-state index in [0.717, 1.165) is 5.56 Å². The van der Waals surface area contributed by atoms with Gasteiger partial charge >= 0.3 is 0 Å². The molecule has 4 rings (SSSR count). The molecule has 1 saturated heterocycles. The lowest BCUT2D eigenvalue weighted by Gasteiger charge is -2.44. The van der Waals surface area contributed by atoms with E-state index in [4.69, 9.17) is 4.74 Å². The Morgan fingerprint density at radius 2 is 1.68 bits per heavy atom. The van der Waals surface area contributed by atoms with Crippen molar-refractivity contribution in [3.05, 3.63) is 65.1 Å². The zero-order chi connectivity index (χ0) is 28.1. The van der Waals surface area contributed by atoms with E-state index in [9.17, 15) is 18.8 Å². The molecule has 0 saturated carbocycles. The molecule has 2 amide bonds. The molecule has 0 bridgehead atoms. The minimum Gasteiger partial charge on any atom is -0.496 e. The number of hydrogen-bond donors (Lipinski definition) is 1. The molecule has 0 spiro atoms. The van der Waals surface area contributed by atoms with Crippen LogP contribution in [0.1, 0.15) is 54.0 Å². The molecule has 2 atom stereocenters. The van der Waals surface area contributed by atoms with Crippen molar-refractivity contribution < 1.29 is 23.5 Å². The molecule has 0 radical (unpaired) electrons. The topological polar surface area (TPSA) is 83.9 Å². The van der Waals surface area contributed by atoms with Crippen LogP contribution in [-0.4, -0.2) is 71.3 Å². The molecule has 1 aromatic heterocycles. The normalized spacial score (nSPS) is 17.5. The lowest BCUT2D eigenvalue weighted by molar-refractivity contribution is -0.116. The van der Waals surface area contributed by atoms with Crippen LogP contribution in [0.3, 0.4) is 0 Å². The van der Waals surface area contributed by atoms with Crippen LogP contribution in [0, 0.1) is 5.82 Å². The van der Waals surface area contributed by atoms with Gasteiger partial charge < -0.3 is 19.5 Å². The lowest BCUT2D eigenvalue weighted by atomic mass is 10.0. The average Bonchev–Trinajstić information content (AvgIpc) is 3.25. The number of rotatable bonds is 6. The monoisotopic (exact) mass is 524 g/mol. The standard InChI is InChI=1S/C27H31FN4O4.C2H6/c1-16-13-32(17(2)12-31(16)14-18-6-8-19(28)9-7-18)27(35)21-10-20-22(25(33)26(34)29-3)15-30(4)23(20)11-24(21)36-5;1-2/h6-11,15-17H,12-14H2,1-5H3,(H,29,34);1-2H3/t16-,17+;/m1./s1. The third kappa shape index (κ3) is 5.72. The van der Waals surface area contributed by atoms with Crippen LogP contribution in [0.25, 0.3) is 10.9 Å². The van der Waals surface area contributed by atoms with Crippen LogP contribution in [0.15, 0.2) is 42.6 Å². The van der Waals surface area contributed by atoms with Gasteiger partial charge in [-0.25, -0.2) is 4.39 Å². The molecule has 1 N–H and O–H groups in total. The van der Waals surface area contributed by atoms with E-state index in [-0.39, 0.29) is 29.4 Å². The van der Waals surface area contributed by atoms with Crippen LogP contribution in [0.5, 0.6) is 5.75 Å². The number of amides is 2. The fourth-order valence-electron chi connectivity index (χ4n) is 4.84. The van der Waals surface area contributed by atoms with Gasteiger partial charge in [0.25, 0.3) is 17.6 Å². The van der Waals surface area contributed by atoms with Crippen molar-refractivity contribution in [2.75, 3.05) is 27.2 Å². The molecule has 0 aliphatic carbocycles. The zero-order valence-corrected chi connectivity index (χ0v) is 23.2. The second-order valence-electron chi connectivity index (χ2n) is 9.34. The van der Waals surface area contributed by atoms with Gasteiger partial charge in [0.05, 0.1) is 23.8 Å². The number of piperazine rings is 1. The van der Waals surface area contributed by atoms with Crippen molar-refractivity contribution >= 4 is 28.5 Å². The van der Waals surface area contributed by atoms with E-state index in [2.05, 4.69) is 17.1 Å². The molecule has 2 aromatic carbocycles. The van der Waals surface area contributed by atoms with Crippen molar-refractivity contribution in [2.45, 2.75) is 46.3 Å². The first-order valence-corrected chi connectivity index (χ1v) is 12.9. The summed E-state index contributed by atoms with van der Waals surface area (Å²) in [6.07, 6.45) is 1.59. The fraction of sp³-hybridized carbons (Fsp3) is 0.414. The van der Waals surface area contributed by atoms with Gasteiger partial charge in [-0.05, 0) is 37.6 Å². The number of halogens is 1. The number of benzene rings is 2. The van der Waals surface area contributed by atoms with Gasteiger partial charge in [0.15, 0.2) is 0 Å². The highest BCUT2D eigenvalue weighted by molar-refractivity contribution is 6.45. The van der Waals surface area contributed by atoms with Gasteiger partial charge in [0.1, 0.15) is 11.6 Å². The number of aromatic nitrogens is 1. The Morgan fingerprint density at radius 1 is 1.03 bits per heavy atom. The highest BCUT2D eigenvalue weighted by Gasteiger charge is 2.34. The highest BCUT2D eigenvalue weighted by Crippen LogP contribution is 2.32. The second kappa shape index (κ2) is 12.2. The number of Topliss-reactive ketones (excluding diaryl/α,β-unsaturated/α-hetero) is 1. The summed E-state index contributed by atoms with van der Waals surface area (Å²) in [5.41, 5.74) is 2.27. The Morgan fingerprint density at radius 3 is 2.29 bits per heavy atom. The SMILES string of the molecule is CC.CNC(=O)C(=O)c1cn(C)c2cc(OC)c(C(=O)N3C[C@@H](C)N(Cc4ccc(F)cc4)C[C@@H]3C)cc12. The Bertz CT molecular complexity index is 1320. The minimum absolute atomic E-state index is 0.0760. The number of carbonyl (C=O) groups is 3. The summed E-state index contributed by atoms with van der Waals surface area (Å²) in [6, 6.07) is 9.83. The molecule has 2 heterocycles. The minimum atomic E-state index is -0.717. The molecule has 8 nitrogen and oxygen atoms in total. The van der Waals surface area contributed by atoms with Gasteiger partial charge in [0.2, 0.25) is 0 Å². The highest BCUT2D eigenvalue weighted by atomic mass is 19.1. The molecule has 3 aromatic rings. The van der Waals surface area contributed by atoms with Gasteiger partial charge in [-0.15, -0.1) is 0 Å². The van der Waals surface area contributed by atoms with Crippen LogP contribution >= 0.6 is 0 Å².